The van der Waals surface area contributed by atoms with Gasteiger partial charge in [-0.2, -0.15) is 0 Å². The highest BCUT2D eigenvalue weighted by Gasteiger charge is 2.25. The Kier molecular flexibility index (Phi) is 11.1. The van der Waals surface area contributed by atoms with Gasteiger partial charge in [0.2, 0.25) is 0 Å². The summed E-state index contributed by atoms with van der Waals surface area (Å²) in [6.07, 6.45) is -8.87. The van der Waals surface area contributed by atoms with Crippen LogP contribution in [0.2, 0.25) is 0 Å². The van der Waals surface area contributed by atoms with Crippen LogP contribution >= 0.6 is 0 Å². The van der Waals surface area contributed by atoms with E-state index in [1.165, 1.54) is 13.8 Å². The molecule has 0 radical (unpaired) electrons. The van der Waals surface area contributed by atoms with Gasteiger partial charge in [-0.05, 0) is 37.1 Å². The van der Waals surface area contributed by atoms with Gasteiger partial charge in [0.25, 0.3) is 23.2 Å². The number of hydrogen-bond donors (Lipinski definition) is 8. The Labute approximate surface area is 226 Å². The number of carbonyl (C=O) groups is 2. The van der Waals surface area contributed by atoms with Crippen molar-refractivity contribution in [3.05, 3.63) is 67.8 Å². The van der Waals surface area contributed by atoms with Gasteiger partial charge in [0.05, 0.1) is 34.3 Å². The van der Waals surface area contributed by atoms with Crippen LogP contribution in [0.5, 0.6) is 0 Å². The highest BCUT2D eigenvalue weighted by molar-refractivity contribution is 5.98. The molecule has 218 valence electrons. The van der Waals surface area contributed by atoms with Crippen LogP contribution in [0.4, 0.5) is 11.4 Å². The summed E-state index contributed by atoms with van der Waals surface area (Å²) in [7, 11) is 0. The van der Waals surface area contributed by atoms with Crippen LogP contribution in [0.25, 0.3) is 11.1 Å². The molecule has 0 fully saturated rings. The van der Waals surface area contributed by atoms with Crippen molar-refractivity contribution < 1.29 is 50.1 Å². The molecule has 8 N–H and O–H groups in total. The van der Waals surface area contributed by atoms with Crippen molar-refractivity contribution >= 4 is 23.2 Å². The van der Waals surface area contributed by atoms with Crippen LogP contribution in [0.15, 0.2) is 36.4 Å². The van der Waals surface area contributed by atoms with E-state index in [4.69, 9.17) is 0 Å². The van der Waals surface area contributed by atoms with Crippen LogP contribution in [0, 0.1) is 20.2 Å². The molecule has 2 aromatic rings. The van der Waals surface area contributed by atoms with E-state index in [1.54, 1.807) is 0 Å². The maximum atomic E-state index is 12.7. The Morgan fingerprint density at radius 3 is 1.27 bits per heavy atom. The first kappa shape index (κ1) is 32.2. The summed E-state index contributed by atoms with van der Waals surface area (Å²) >= 11 is 0. The molecule has 0 aliphatic carbocycles. The van der Waals surface area contributed by atoms with Gasteiger partial charge in [-0.1, -0.05) is 0 Å². The molecule has 0 aromatic heterocycles. The number of hydrogen-bond acceptors (Lipinski definition) is 12. The third-order valence-corrected chi connectivity index (χ3v) is 5.84. The fourth-order valence-corrected chi connectivity index (χ4v) is 3.51. The van der Waals surface area contributed by atoms with Gasteiger partial charge in [-0.15, -0.1) is 0 Å². The lowest BCUT2D eigenvalue weighted by molar-refractivity contribution is -0.385. The van der Waals surface area contributed by atoms with E-state index in [9.17, 15) is 60.5 Å². The standard InChI is InChI=1S/C24H30N4O12/c1-11(29)21(33)19(31)9-25-23(35)15-3-13(5-17(7-15)27(37)38)14-4-16(8-18(6-14)28(39)40)24(36)26-10-20(32)22(34)12(2)30/h3-8,11-12,19-22,29-34H,9-10H2,1-2H3,(H,25,35)(H,26,36). The monoisotopic (exact) mass is 566 g/mol. The normalized spacial score (nSPS) is 15.7. The molecule has 2 aromatic carbocycles. The summed E-state index contributed by atoms with van der Waals surface area (Å²) in [4.78, 5) is 46.8. The van der Waals surface area contributed by atoms with E-state index in [1.807, 2.05) is 0 Å². The van der Waals surface area contributed by atoms with E-state index in [0.717, 1.165) is 36.4 Å². The average Bonchev–Trinajstić information content (AvgIpc) is 2.92. The zero-order chi connectivity index (χ0) is 30.3. The Morgan fingerprint density at radius 1 is 0.675 bits per heavy atom. The summed E-state index contributed by atoms with van der Waals surface area (Å²) in [6, 6.07) is 6.18. The molecule has 2 amide bonds. The van der Waals surface area contributed by atoms with Crippen molar-refractivity contribution in [1.82, 2.24) is 10.6 Å². The number of carbonyl (C=O) groups excluding carboxylic acids is 2. The highest BCUT2D eigenvalue weighted by atomic mass is 16.6. The number of nitro groups is 2. The Morgan fingerprint density at radius 2 is 1.00 bits per heavy atom. The lowest BCUT2D eigenvalue weighted by atomic mass is 9.98. The summed E-state index contributed by atoms with van der Waals surface area (Å²) in [6.45, 7) is 1.41. The minimum absolute atomic E-state index is 0.0498. The molecule has 0 heterocycles. The summed E-state index contributed by atoms with van der Waals surface area (Å²) in [5.74, 6) is -1.81. The highest BCUT2D eigenvalue weighted by Crippen LogP contribution is 2.30. The molecule has 0 bridgehead atoms. The molecule has 6 unspecified atom stereocenters. The van der Waals surface area contributed by atoms with Crippen LogP contribution < -0.4 is 10.6 Å². The molecule has 0 saturated heterocycles. The second-order valence-corrected chi connectivity index (χ2v) is 9.07. The van der Waals surface area contributed by atoms with Gasteiger partial charge in [-0.25, -0.2) is 0 Å². The Balaban J connectivity index is 2.43. The maximum Gasteiger partial charge on any atom is 0.270 e. The van der Waals surface area contributed by atoms with Gasteiger partial charge < -0.3 is 41.3 Å². The fraction of sp³-hybridized carbons (Fsp3) is 0.417. The molecule has 0 saturated carbocycles. The predicted octanol–water partition coefficient (Wildman–Crippen LogP) is -1.17. The molecule has 2 rings (SSSR count). The first-order chi connectivity index (χ1) is 18.6. The van der Waals surface area contributed by atoms with E-state index in [-0.39, 0.29) is 22.3 Å². The predicted molar refractivity (Wildman–Crippen MR) is 137 cm³/mol. The average molecular weight is 567 g/mol. The van der Waals surface area contributed by atoms with Gasteiger partial charge in [0, 0.05) is 48.5 Å². The number of benzene rings is 2. The van der Waals surface area contributed by atoms with Crippen molar-refractivity contribution in [3.8, 4) is 11.1 Å². The van der Waals surface area contributed by atoms with Gasteiger partial charge in [-0.3, -0.25) is 29.8 Å². The first-order valence-corrected chi connectivity index (χ1v) is 11.9. The van der Waals surface area contributed by atoms with E-state index in [0.29, 0.717) is 0 Å². The van der Waals surface area contributed by atoms with Crippen molar-refractivity contribution in [2.75, 3.05) is 13.1 Å². The summed E-state index contributed by atoms with van der Waals surface area (Å²) in [5, 5.41) is 85.4. The third kappa shape index (κ3) is 8.47. The number of nitrogens with one attached hydrogen (secondary N) is 2. The Hall–Kier alpha value is -4.06. The lowest BCUT2D eigenvalue weighted by Gasteiger charge is -2.20. The van der Waals surface area contributed by atoms with E-state index < -0.39 is 82.7 Å². The zero-order valence-electron chi connectivity index (χ0n) is 21.4. The zero-order valence-corrected chi connectivity index (χ0v) is 21.4. The van der Waals surface area contributed by atoms with Gasteiger partial charge in [0.15, 0.2) is 0 Å². The molecule has 0 aliphatic rings. The van der Waals surface area contributed by atoms with Crippen molar-refractivity contribution in [3.63, 3.8) is 0 Å². The Bertz CT molecular complexity index is 1160. The number of aliphatic hydroxyl groups is 6. The maximum absolute atomic E-state index is 12.7. The molecule has 6 atom stereocenters. The van der Waals surface area contributed by atoms with Gasteiger partial charge >= 0.3 is 0 Å². The molecule has 16 nitrogen and oxygen atoms in total. The second-order valence-electron chi connectivity index (χ2n) is 9.07. The molecule has 40 heavy (non-hydrogen) atoms. The summed E-state index contributed by atoms with van der Waals surface area (Å²) < 4.78 is 0. The number of nitrogens with zero attached hydrogens (tertiary/aromatic N) is 2. The first-order valence-electron chi connectivity index (χ1n) is 11.9. The number of nitro benzene ring substituents is 2. The molecular weight excluding hydrogens is 536 g/mol. The molecule has 16 heteroatoms. The van der Waals surface area contributed by atoms with Crippen LogP contribution in [-0.2, 0) is 0 Å². The van der Waals surface area contributed by atoms with Crippen LogP contribution in [0.3, 0.4) is 0 Å². The van der Waals surface area contributed by atoms with Crippen molar-refractivity contribution in [2.45, 2.75) is 50.5 Å². The van der Waals surface area contributed by atoms with Gasteiger partial charge in [0.1, 0.15) is 12.2 Å². The molecule has 0 spiro atoms. The number of aliphatic hydroxyl groups excluding tert-OH is 6. The largest absolute Gasteiger partial charge is 0.391 e. The van der Waals surface area contributed by atoms with Crippen LogP contribution in [-0.4, -0.2) is 102 Å². The topological polar surface area (TPSA) is 266 Å². The fourth-order valence-electron chi connectivity index (χ4n) is 3.51. The van der Waals surface area contributed by atoms with Crippen molar-refractivity contribution in [2.24, 2.45) is 0 Å². The number of amides is 2. The lowest BCUT2D eigenvalue weighted by Crippen LogP contribution is -2.43. The van der Waals surface area contributed by atoms with Crippen molar-refractivity contribution in [1.29, 1.82) is 0 Å². The SMILES string of the molecule is CC(O)C(O)C(O)CNC(=O)c1cc(-c2cc(C(=O)NCC(O)C(O)C(C)O)cc([N+](=O)[O-])c2)cc([N+](=O)[O-])c1. The third-order valence-electron chi connectivity index (χ3n) is 5.84. The second kappa shape index (κ2) is 13.8. The minimum atomic E-state index is -1.58. The number of non-ortho nitro benzene ring substituents is 2. The molecular formula is C24H30N4O12. The smallest absolute Gasteiger partial charge is 0.270 e. The number of rotatable bonds is 13. The molecule has 0 aliphatic heterocycles. The van der Waals surface area contributed by atoms with E-state index in [2.05, 4.69) is 10.6 Å². The van der Waals surface area contributed by atoms with Crippen LogP contribution in [0.1, 0.15) is 34.6 Å². The van der Waals surface area contributed by atoms with E-state index >= 15 is 0 Å². The summed E-state index contributed by atoms with van der Waals surface area (Å²) in [5.41, 5.74) is -1.80. The quantitative estimate of drug-likeness (QED) is 0.105. The minimum Gasteiger partial charge on any atom is -0.391 e.